The van der Waals surface area contributed by atoms with Gasteiger partial charge in [0, 0.05) is 12.5 Å². The van der Waals surface area contributed by atoms with E-state index in [4.69, 9.17) is 9.47 Å². The predicted octanol–water partition coefficient (Wildman–Crippen LogP) is 2.52. The molecule has 182 valence electrons. The van der Waals surface area contributed by atoms with Crippen LogP contribution in [0.5, 0.6) is 5.88 Å². The van der Waals surface area contributed by atoms with Crippen molar-refractivity contribution >= 4 is 44.1 Å². The first-order chi connectivity index (χ1) is 16.8. The number of fused-ring (bicyclic) bond motifs is 2. The Labute approximate surface area is 204 Å². The number of hydrogen-bond acceptors (Lipinski definition) is 9. The molecule has 2 amide bonds. The highest BCUT2D eigenvalue weighted by Gasteiger charge is 2.23. The van der Waals surface area contributed by atoms with Gasteiger partial charge in [-0.15, -0.1) is 11.3 Å². The smallest absolute Gasteiger partial charge is 0.290 e. The zero-order valence-electron chi connectivity index (χ0n) is 19.8. The molecule has 3 aromatic heterocycles. The van der Waals surface area contributed by atoms with Crippen molar-refractivity contribution in [3.05, 3.63) is 56.6 Å². The predicted molar refractivity (Wildman–Crippen MR) is 131 cm³/mol. The van der Waals surface area contributed by atoms with E-state index >= 15 is 0 Å². The van der Waals surface area contributed by atoms with Gasteiger partial charge in [0.25, 0.3) is 17.4 Å². The Morgan fingerprint density at radius 3 is 2.43 bits per heavy atom. The molecule has 4 aromatic rings. The number of carbonyl (C=O) groups is 2. The summed E-state index contributed by atoms with van der Waals surface area (Å²) in [6.07, 6.45) is 0. The molecule has 0 bridgehead atoms. The minimum Gasteiger partial charge on any atom is -0.480 e. The number of methoxy groups -OCH3 is 2. The molecule has 11 nitrogen and oxygen atoms in total. The van der Waals surface area contributed by atoms with E-state index in [2.05, 4.69) is 25.9 Å². The molecule has 1 aromatic carbocycles. The Hall–Kier alpha value is -3.90. The summed E-state index contributed by atoms with van der Waals surface area (Å²) in [5.74, 6) is -0.416. The summed E-state index contributed by atoms with van der Waals surface area (Å²) >= 11 is 1.15. The Morgan fingerprint density at radius 2 is 1.77 bits per heavy atom. The molecule has 0 aliphatic heterocycles. The van der Waals surface area contributed by atoms with Crippen LogP contribution in [0, 0.1) is 6.92 Å². The van der Waals surface area contributed by atoms with Gasteiger partial charge in [0.15, 0.2) is 11.5 Å². The topological polar surface area (TPSA) is 137 Å². The van der Waals surface area contributed by atoms with Gasteiger partial charge in [0.1, 0.15) is 11.4 Å². The summed E-state index contributed by atoms with van der Waals surface area (Å²) in [4.78, 5) is 48.3. The minimum atomic E-state index is -0.650. The third-order valence-electron chi connectivity index (χ3n) is 5.30. The van der Waals surface area contributed by atoms with Crippen LogP contribution in [0.3, 0.4) is 0 Å². The molecular weight excluding hydrogens is 472 g/mol. The average molecular weight is 497 g/mol. The largest absolute Gasteiger partial charge is 0.480 e. The number of nitrogens with zero attached hydrogens (tertiary/aromatic N) is 4. The van der Waals surface area contributed by atoms with Crippen LogP contribution in [0.2, 0.25) is 0 Å². The number of amides is 2. The van der Waals surface area contributed by atoms with Crippen molar-refractivity contribution in [1.29, 1.82) is 0 Å². The lowest BCUT2D eigenvalue weighted by molar-refractivity contribution is 0.0845. The van der Waals surface area contributed by atoms with Crippen LogP contribution in [-0.4, -0.2) is 45.8 Å². The third kappa shape index (κ3) is 4.45. The number of aromatic nitrogens is 4. The van der Waals surface area contributed by atoms with Crippen molar-refractivity contribution in [2.75, 3.05) is 14.2 Å². The Morgan fingerprint density at radius 1 is 1.09 bits per heavy atom. The van der Waals surface area contributed by atoms with Crippen LogP contribution in [0.15, 0.2) is 29.1 Å². The Kier molecular flexibility index (Phi) is 6.76. The number of rotatable bonds is 6. The highest BCUT2D eigenvalue weighted by Crippen LogP contribution is 2.35. The van der Waals surface area contributed by atoms with Gasteiger partial charge in [-0.25, -0.2) is 9.67 Å². The highest BCUT2D eigenvalue weighted by atomic mass is 32.1. The van der Waals surface area contributed by atoms with Crippen LogP contribution in [0.25, 0.3) is 21.0 Å². The van der Waals surface area contributed by atoms with E-state index in [-0.39, 0.29) is 23.9 Å². The molecule has 3 heterocycles. The maximum atomic E-state index is 13.0. The Bertz CT molecular complexity index is 1510. The molecule has 0 saturated heterocycles. The standard InChI is InChI=1S/C23H24N6O5S/c1-11(2)29-23(32)14-9-7-6-8-13(14)17(28-29)19(30)26-27-20(31)18-12(3)16-21(34-5)24-15(10-33-4)25-22(16)35-18/h6-9,11H,10H2,1-5H3,(H,26,30)(H,27,31). The fourth-order valence-corrected chi connectivity index (χ4v) is 4.74. The first kappa shape index (κ1) is 24.2. The molecule has 0 saturated carbocycles. The number of ether oxygens (including phenoxy) is 2. The second-order valence-electron chi connectivity index (χ2n) is 7.96. The summed E-state index contributed by atoms with van der Waals surface area (Å²) < 4.78 is 11.7. The van der Waals surface area contributed by atoms with Crippen LogP contribution in [-0.2, 0) is 11.3 Å². The monoisotopic (exact) mass is 496 g/mol. The molecule has 0 radical (unpaired) electrons. The molecule has 2 N–H and O–H groups in total. The van der Waals surface area contributed by atoms with Gasteiger partial charge in [-0.1, -0.05) is 18.2 Å². The second kappa shape index (κ2) is 9.76. The number of nitrogens with one attached hydrogen (secondary N) is 2. The summed E-state index contributed by atoms with van der Waals surface area (Å²) in [7, 11) is 3.02. The molecule has 4 rings (SSSR count). The van der Waals surface area contributed by atoms with E-state index in [1.807, 2.05) is 0 Å². The third-order valence-corrected chi connectivity index (χ3v) is 6.48. The van der Waals surface area contributed by atoms with Crippen LogP contribution >= 0.6 is 11.3 Å². The maximum Gasteiger partial charge on any atom is 0.290 e. The summed E-state index contributed by atoms with van der Waals surface area (Å²) in [6.45, 7) is 5.55. The molecule has 0 spiro atoms. The van der Waals surface area contributed by atoms with Gasteiger partial charge in [-0.2, -0.15) is 10.1 Å². The lowest BCUT2D eigenvalue weighted by Crippen LogP contribution is -2.42. The Balaban J connectivity index is 1.64. The van der Waals surface area contributed by atoms with E-state index in [0.29, 0.717) is 43.1 Å². The van der Waals surface area contributed by atoms with Crippen LogP contribution in [0.1, 0.15) is 51.4 Å². The van der Waals surface area contributed by atoms with E-state index in [1.165, 1.54) is 18.9 Å². The number of carbonyl (C=O) groups excluding carboxylic acids is 2. The number of benzene rings is 1. The average Bonchev–Trinajstić information content (AvgIpc) is 3.18. The first-order valence-electron chi connectivity index (χ1n) is 10.7. The van der Waals surface area contributed by atoms with Gasteiger partial charge < -0.3 is 9.47 Å². The number of hydrazine groups is 1. The van der Waals surface area contributed by atoms with E-state index in [9.17, 15) is 14.4 Å². The SMILES string of the molecule is COCc1nc(OC)c2c(C)c(C(=O)NNC(=O)c3nn(C(C)C)c(=O)c4ccccc34)sc2n1. The maximum absolute atomic E-state index is 13.0. The lowest BCUT2D eigenvalue weighted by atomic mass is 10.1. The lowest BCUT2D eigenvalue weighted by Gasteiger charge is -2.13. The molecular formula is C23H24N6O5S. The molecule has 0 aliphatic carbocycles. The van der Waals surface area contributed by atoms with E-state index < -0.39 is 11.8 Å². The quantitative estimate of drug-likeness (QED) is 0.389. The zero-order valence-corrected chi connectivity index (χ0v) is 20.6. The van der Waals surface area contributed by atoms with Crippen LogP contribution < -0.4 is 21.1 Å². The molecule has 12 heteroatoms. The number of aryl methyl sites for hydroxylation is 1. The van der Waals surface area contributed by atoms with Gasteiger partial charge in [0.05, 0.1) is 28.8 Å². The van der Waals surface area contributed by atoms with Crippen molar-refractivity contribution in [1.82, 2.24) is 30.6 Å². The van der Waals surface area contributed by atoms with Crippen molar-refractivity contribution in [2.45, 2.75) is 33.4 Å². The number of hydrogen-bond donors (Lipinski definition) is 2. The van der Waals surface area contributed by atoms with Crippen molar-refractivity contribution in [3.63, 3.8) is 0 Å². The highest BCUT2D eigenvalue weighted by molar-refractivity contribution is 7.20. The molecule has 0 atom stereocenters. The van der Waals surface area contributed by atoms with Crippen LogP contribution in [0.4, 0.5) is 0 Å². The normalized spacial score (nSPS) is 11.3. The van der Waals surface area contributed by atoms with Gasteiger partial charge in [0.2, 0.25) is 5.88 Å². The molecule has 0 fully saturated rings. The second-order valence-corrected chi connectivity index (χ2v) is 8.96. The summed E-state index contributed by atoms with van der Waals surface area (Å²) in [6, 6.07) is 6.46. The van der Waals surface area contributed by atoms with Crippen molar-refractivity contribution in [3.8, 4) is 5.88 Å². The van der Waals surface area contributed by atoms with Crippen molar-refractivity contribution < 1.29 is 19.1 Å². The van der Waals surface area contributed by atoms with Gasteiger partial charge in [-0.3, -0.25) is 25.2 Å². The summed E-state index contributed by atoms with van der Waals surface area (Å²) in [5, 5.41) is 5.63. The van der Waals surface area contributed by atoms with Crippen molar-refractivity contribution in [2.24, 2.45) is 0 Å². The fourth-order valence-electron chi connectivity index (χ4n) is 3.66. The van der Waals surface area contributed by atoms with Gasteiger partial charge in [-0.05, 0) is 32.4 Å². The molecule has 0 unspecified atom stereocenters. The van der Waals surface area contributed by atoms with E-state index in [0.717, 1.165) is 11.3 Å². The zero-order chi connectivity index (χ0) is 25.3. The molecule has 0 aliphatic rings. The minimum absolute atomic E-state index is 0.0269. The molecule has 35 heavy (non-hydrogen) atoms. The van der Waals surface area contributed by atoms with E-state index in [1.54, 1.807) is 45.0 Å². The fraction of sp³-hybridized carbons (Fsp3) is 0.304. The number of thiophene rings is 1. The van der Waals surface area contributed by atoms with Gasteiger partial charge >= 0.3 is 0 Å². The first-order valence-corrected chi connectivity index (χ1v) is 11.5. The summed E-state index contributed by atoms with van der Waals surface area (Å²) in [5.41, 5.74) is 5.20.